The molecular weight excluding hydrogens is 396 g/mol. The molecule has 5 nitrogen and oxygen atoms in total. The van der Waals surface area contributed by atoms with Crippen LogP contribution in [-0.2, 0) is 4.79 Å². The predicted molar refractivity (Wildman–Crippen MR) is 122 cm³/mol. The largest absolute Gasteiger partial charge is 0.355 e. The van der Waals surface area contributed by atoms with E-state index in [1.807, 2.05) is 43.3 Å². The van der Waals surface area contributed by atoms with E-state index in [0.717, 1.165) is 54.3 Å². The van der Waals surface area contributed by atoms with Gasteiger partial charge in [-0.1, -0.05) is 41.9 Å². The van der Waals surface area contributed by atoms with Crippen LogP contribution in [0.1, 0.15) is 24.0 Å². The van der Waals surface area contributed by atoms with Crippen molar-refractivity contribution in [3.8, 4) is 11.3 Å². The zero-order valence-electron chi connectivity index (χ0n) is 17.2. The molecule has 1 amide bonds. The lowest BCUT2D eigenvalue weighted by atomic mass is 9.95. The van der Waals surface area contributed by atoms with Crippen molar-refractivity contribution in [2.75, 3.05) is 23.3 Å². The number of carbonyl (C=O) groups is 1. The second-order valence-corrected chi connectivity index (χ2v) is 8.24. The van der Waals surface area contributed by atoms with E-state index in [9.17, 15) is 4.79 Å². The summed E-state index contributed by atoms with van der Waals surface area (Å²) >= 11 is 6.06. The second kappa shape index (κ2) is 8.84. The van der Waals surface area contributed by atoms with Crippen LogP contribution in [0.2, 0.25) is 5.02 Å². The third-order valence-corrected chi connectivity index (χ3v) is 5.95. The second-order valence-electron chi connectivity index (χ2n) is 7.80. The number of halogens is 1. The van der Waals surface area contributed by atoms with Gasteiger partial charge in [-0.15, -0.1) is 10.2 Å². The minimum atomic E-state index is -0.0150. The van der Waals surface area contributed by atoms with Crippen LogP contribution in [0, 0.1) is 19.8 Å². The number of anilines is 2. The molecule has 0 bridgehead atoms. The first-order chi connectivity index (χ1) is 14.5. The first kappa shape index (κ1) is 20.4. The van der Waals surface area contributed by atoms with Crippen LogP contribution >= 0.6 is 11.6 Å². The summed E-state index contributed by atoms with van der Waals surface area (Å²) in [7, 11) is 0. The number of nitrogens with one attached hydrogen (secondary N) is 1. The summed E-state index contributed by atoms with van der Waals surface area (Å²) in [5.74, 6) is 0.900. The molecule has 0 spiro atoms. The number of rotatable bonds is 4. The first-order valence-electron chi connectivity index (χ1n) is 10.2. The van der Waals surface area contributed by atoms with Gasteiger partial charge in [0.15, 0.2) is 5.82 Å². The maximum Gasteiger partial charge on any atom is 0.227 e. The predicted octanol–water partition coefficient (Wildman–Crippen LogP) is 5.27. The summed E-state index contributed by atoms with van der Waals surface area (Å²) in [6.07, 6.45) is 1.57. The van der Waals surface area contributed by atoms with Gasteiger partial charge in [-0.2, -0.15) is 0 Å². The highest BCUT2D eigenvalue weighted by atomic mass is 35.5. The fourth-order valence-electron chi connectivity index (χ4n) is 3.83. The molecule has 2 heterocycles. The molecule has 154 valence electrons. The molecule has 1 aliphatic heterocycles. The molecule has 0 unspecified atom stereocenters. The minimum absolute atomic E-state index is 0.0150. The van der Waals surface area contributed by atoms with Crippen LogP contribution in [0.25, 0.3) is 11.3 Å². The van der Waals surface area contributed by atoms with Crippen LogP contribution in [0.5, 0.6) is 0 Å². The van der Waals surface area contributed by atoms with Gasteiger partial charge in [0.1, 0.15) is 0 Å². The van der Waals surface area contributed by atoms with E-state index in [2.05, 4.69) is 39.5 Å². The molecule has 4 rings (SSSR count). The van der Waals surface area contributed by atoms with Gasteiger partial charge < -0.3 is 10.2 Å². The van der Waals surface area contributed by atoms with Gasteiger partial charge in [0.05, 0.1) is 5.69 Å². The molecule has 0 radical (unpaired) electrons. The number of amides is 1. The van der Waals surface area contributed by atoms with E-state index >= 15 is 0 Å². The average Bonchev–Trinajstić information content (AvgIpc) is 2.77. The Kier molecular flexibility index (Phi) is 6.00. The molecule has 2 aromatic carbocycles. The standard InChI is InChI=1S/C24H25ClN4O/c1-16-5-3-4-6-20(16)21-9-10-23(28-27-21)29-13-11-18(12-14-29)24(30)26-22-15-19(25)8-7-17(22)2/h3-10,15,18H,11-14H2,1-2H3,(H,26,30). The van der Waals surface area contributed by atoms with Crippen molar-refractivity contribution in [3.63, 3.8) is 0 Å². The molecule has 0 saturated carbocycles. The number of benzene rings is 2. The van der Waals surface area contributed by atoms with Gasteiger partial charge in [0.2, 0.25) is 5.91 Å². The van der Waals surface area contributed by atoms with E-state index in [1.54, 1.807) is 6.07 Å². The van der Waals surface area contributed by atoms with Gasteiger partial charge in [-0.05, 0) is 62.1 Å². The van der Waals surface area contributed by atoms with Crippen molar-refractivity contribution in [1.82, 2.24) is 10.2 Å². The molecule has 6 heteroatoms. The Morgan fingerprint density at radius 2 is 1.77 bits per heavy atom. The number of carbonyl (C=O) groups excluding carboxylic acids is 1. The molecule has 1 aliphatic rings. The Balaban J connectivity index is 1.37. The number of piperidine rings is 1. The number of aromatic nitrogens is 2. The summed E-state index contributed by atoms with van der Waals surface area (Å²) < 4.78 is 0. The number of nitrogens with zero attached hydrogens (tertiary/aromatic N) is 3. The molecule has 30 heavy (non-hydrogen) atoms. The molecule has 1 N–H and O–H groups in total. The van der Waals surface area contributed by atoms with Crippen LogP contribution in [0.4, 0.5) is 11.5 Å². The maximum absolute atomic E-state index is 12.7. The summed E-state index contributed by atoms with van der Waals surface area (Å²) in [6.45, 7) is 5.61. The minimum Gasteiger partial charge on any atom is -0.355 e. The molecule has 3 aromatic rings. The highest BCUT2D eigenvalue weighted by molar-refractivity contribution is 6.31. The van der Waals surface area contributed by atoms with E-state index in [1.165, 1.54) is 5.56 Å². The molecular formula is C24H25ClN4O. The average molecular weight is 421 g/mol. The van der Waals surface area contributed by atoms with Crippen LogP contribution in [0.3, 0.4) is 0 Å². The fourth-order valence-corrected chi connectivity index (χ4v) is 4.00. The monoisotopic (exact) mass is 420 g/mol. The third-order valence-electron chi connectivity index (χ3n) is 5.72. The number of hydrogen-bond acceptors (Lipinski definition) is 4. The Hall–Kier alpha value is -2.92. The molecule has 1 aromatic heterocycles. The quantitative estimate of drug-likeness (QED) is 0.624. The lowest BCUT2D eigenvalue weighted by molar-refractivity contribution is -0.120. The number of hydrogen-bond donors (Lipinski definition) is 1. The van der Waals surface area contributed by atoms with Crippen LogP contribution < -0.4 is 10.2 Å². The number of aryl methyl sites for hydroxylation is 2. The normalized spacial score (nSPS) is 14.6. The van der Waals surface area contributed by atoms with Crippen LogP contribution in [-0.4, -0.2) is 29.2 Å². The summed E-state index contributed by atoms with van der Waals surface area (Å²) in [4.78, 5) is 14.9. The van der Waals surface area contributed by atoms with Crippen molar-refractivity contribution in [2.24, 2.45) is 5.92 Å². The summed E-state index contributed by atoms with van der Waals surface area (Å²) in [5, 5.41) is 12.5. The van der Waals surface area contributed by atoms with Crippen molar-refractivity contribution in [2.45, 2.75) is 26.7 Å². The summed E-state index contributed by atoms with van der Waals surface area (Å²) in [6, 6.07) is 17.8. The van der Waals surface area contributed by atoms with E-state index < -0.39 is 0 Å². The van der Waals surface area contributed by atoms with Crippen molar-refractivity contribution in [1.29, 1.82) is 0 Å². The van der Waals surface area contributed by atoms with Crippen LogP contribution in [0.15, 0.2) is 54.6 Å². The van der Waals surface area contributed by atoms with E-state index in [4.69, 9.17) is 11.6 Å². The lowest BCUT2D eigenvalue weighted by Gasteiger charge is -2.32. The van der Waals surface area contributed by atoms with Gasteiger partial charge in [0, 0.05) is 35.3 Å². The van der Waals surface area contributed by atoms with Gasteiger partial charge in [-0.3, -0.25) is 4.79 Å². The zero-order chi connectivity index (χ0) is 21.1. The van der Waals surface area contributed by atoms with E-state index in [-0.39, 0.29) is 11.8 Å². The third kappa shape index (κ3) is 4.46. The smallest absolute Gasteiger partial charge is 0.227 e. The van der Waals surface area contributed by atoms with Crippen molar-refractivity contribution >= 4 is 29.0 Å². The maximum atomic E-state index is 12.7. The van der Waals surface area contributed by atoms with E-state index in [0.29, 0.717) is 5.02 Å². The van der Waals surface area contributed by atoms with Gasteiger partial charge in [-0.25, -0.2) is 0 Å². The highest BCUT2D eigenvalue weighted by Crippen LogP contribution is 2.26. The lowest BCUT2D eigenvalue weighted by Crippen LogP contribution is -2.38. The van der Waals surface area contributed by atoms with Crippen molar-refractivity contribution in [3.05, 3.63) is 70.7 Å². The fraction of sp³-hybridized carbons (Fsp3) is 0.292. The SMILES string of the molecule is Cc1ccc(Cl)cc1NC(=O)C1CCN(c2ccc(-c3ccccc3C)nn2)CC1. The highest BCUT2D eigenvalue weighted by Gasteiger charge is 2.26. The summed E-state index contributed by atoms with van der Waals surface area (Å²) in [5.41, 5.74) is 4.95. The Labute approximate surface area is 182 Å². The first-order valence-corrected chi connectivity index (χ1v) is 10.6. The Bertz CT molecular complexity index is 1040. The molecule has 0 aliphatic carbocycles. The molecule has 0 atom stereocenters. The Morgan fingerprint density at radius 1 is 1.00 bits per heavy atom. The molecule has 1 fully saturated rings. The van der Waals surface area contributed by atoms with Crippen molar-refractivity contribution < 1.29 is 4.79 Å². The topological polar surface area (TPSA) is 58.1 Å². The Morgan fingerprint density at radius 3 is 2.47 bits per heavy atom. The zero-order valence-corrected chi connectivity index (χ0v) is 18.0. The molecule has 1 saturated heterocycles. The van der Waals surface area contributed by atoms with Gasteiger partial charge in [0.25, 0.3) is 0 Å². The van der Waals surface area contributed by atoms with Gasteiger partial charge >= 0.3 is 0 Å².